The number of rotatable bonds is 0. The largest absolute Gasteiger partial charge is 0.458 e. The van der Waals surface area contributed by atoms with E-state index in [4.69, 9.17) is 4.74 Å². The van der Waals surface area contributed by atoms with Gasteiger partial charge in [-0.2, -0.15) is 0 Å². The lowest BCUT2D eigenvalue weighted by Gasteiger charge is -2.61. The Balaban J connectivity index is 1.58. The maximum atomic E-state index is 12.0. The lowest BCUT2D eigenvalue weighted by Crippen LogP contribution is -2.63. The lowest BCUT2D eigenvalue weighted by molar-refractivity contribution is -0.194. The first kappa shape index (κ1) is 16.7. The molecule has 3 fully saturated rings. The molecule has 26 heavy (non-hydrogen) atoms. The minimum Gasteiger partial charge on any atom is -0.458 e. The van der Waals surface area contributed by atoms with Crippen LogP contribution in [-0.4, -0.2) is 28.1 Å². The van der Waals surface area contributed by atoms with Gasteiger partial charge in [0, 0.05) is 29.6 Å². The van der Waals surface area contributed by atoms with Gasteiger partial charge in [0.25, 0.3) is 0 Å². The predicted molar refractivity (Wildman–Crippen MR) is 96.1 cm³/mol. The summed E-state index contributed by atoms with van der Waals surface area (Å²) in [5, 5.41) is 12.0. The third-order valence-electron chi connectivity index (χ3n) is 9.03. The molecule has 4 aliphatic carbocycles. The van der Waals surface area contributed by atoms with Crippen LogP contribution in [0.1, 0.15) is 65.2 Å². The number of aliphatic hydroxyl groups is 1. The highest BCUT2D eigenvalue weighted by Crippen LogP contribution is 2.69. The highest BCUT2D eigenvalue weighted by molar-refractivity contribution is 5.92. The van der Waals surface area contributed by atoms with Gasteiger partial charge < -0.3 is 9.84 Å². The number of ether oxygens (including phenoxy) is 1. The third kappa shape index (κ3) is 1.75. The maximum Gasteiger partial charge on any atom is 0.306 e. The zero-order chi connectivity index (χ0) is 18.4. The van der Waals surface area contributed by atoms with E-state index >= 15 is 0 Å². The molecule has 4 nitrogen and oxygen atoms in total. The van der Waals surface area contributed by atoms with Gasteiger partial charge in [-0.15, -0.1) is 0 Å². The Hall–Kier alpha value is -1.42. The number of allylic oxidation sites excluding steroid dienone is 2. The molecule has 0 aromatic rings. The topological polar surface area (TPSA) is 63.6 Å². The molecule has 0 radical (unpaired) electrons. The Labute approximate surface area is 154 Å². The number of fused-ring (bicyclic) bond motifs is 6. The van der Waals surface area contributed by atoms with Crippen LogP contribution < -0.4 is 0 Å². The van der Waals surface area contributed by atoms with Gasteiger partial charge in [0.05, 0.1) is 5.60 Å². The molecule has 0 amide bonds. The van der Waals surface area contributed by atoms with Crippen LogP contribution in [0.5, 0.6) is 0 Å². The Morgan fingerprint density at radius 2 is 1.88 bits per heavy atom. The third-order valence-corrected chi connectivity index (χ3v) is 9.03. The maximum absolute atomic E-state index is 12.0. The molecule has 2 saturated carbocycles. The van der Waals surface area contributed by atoms with Crippen molar-refractivity contribution in [2.24, 2.45) is 22.7 Å². The summed E-state index contributed by atoms with van der Waals surface area (Å²) in [5.41, 5.74) is -0.571. The number of hydrogen-bond acceptors (Lipinski definition) is 4. The van der Waals surface area contributed by atoms with E-state index in [-0.39, 0.29) is 34.1 Å². The molecule has 5 rings (SSSR count). The van der Waals surface area contributed by atoms with E-state index in [1.54, 1.807) is 6.08 Å². The lowest BCUT2D eigenvalue weighted by atomic mass is 9.45. The molecule has 0 aromatic heterocycles. The Kier molecular flexibility index (Phi) is 3.15. The van der Waals surface area contributed by atoms with Crippen molar-refractivity contribution in [3.63, 3.8) is 0 Å². The summed E-state index contributed by atoms with van der Waals surface area (Å²) < 4.78 is 5.94. The zero-order valence-corrected chi connectivity index (χ0v) is 15.7. The number of esters is 1. The summed E-state index contributed by atoms with van der Waals surface area (Å²) in [6.07, 6.45) is 12.1. The summed E-state index contributed by atoms with van der Waals surface area (Å²) in [7, 11) is 0. The molecular weight excluding hydrogens is 328 g/mol. The molecule has 5 aliphatic rings. The van der Waals surface area contributed by atoms with Gasteiger partial charge in [-0.1, -0.05) is 26.0 Å². The summed E-state index contributed by atoms with van der Waals surface area (Å²) in [6.45, 7) is 4.43. The van der Waals surface area contributed by atoms with Gasteiger partial charge in [0.1, 0.15) is 5.60 Å². The van der Waals surface area contributed by atoms with E-state index in [1.165, 1.54) is 0 Å². The fourth-order valence-corrected chi connectivity index (χ4v) is 7.24. The van der Waals surface area contributed by atoms with Crippen LogP contribution in [0.3, 0.4) is 0 Å². The molecule has 1 aliphatic heterocycles. The summed E-state index contributed by atoms with van der Waals surface area (Å²) in [4.78, 5) is 23.8. The number of ketones is 1. The van der Waals surface area contributed by atoms with E-state index < -0.39 is 5.60 Å². The van der Waals surface area contributed by atoms with Crippen molar-refractivity contribution in [2.45, 2.75) is 76.4 Å². The molecule has 4 heteroatoms. The van der Waals surface area contributed by atoms with Gasteiger partial charge in [0.2, 0.25) is 0 Å². The van der Waals surface area contributed by atoms with Crippen molar-refractivity contribution in [1.29, 1.82) is 0 Å². The second-order valence-electron chi connectivity index (χ2n) is 9.74. The number of carbonyl (C=O) groups is 2. The van der Waals surface area contributed by atoms with Crippen LogP contribution in [0.4, 0.5) is 0 Å². The fourth-order valence-electron chi connectivity index (χ4n) is 7.24. The van der Waals surface area contributed by atoms with Crippen molar-refractivity contribution in [2.75, 3.05) is 0 Å². The number of hydrogen-bond donors (Lipinski definition) is 1. The Morgan fingerprint density at radius 1 is 1.08 bits per heavy atom. The molecule has 140 valence electrons. The second kappa shape index (κ2) is 4.89. The van der Waals surface area contributed by atoms with E-state index in [0.29, 0.717) is 25.2 Å². The Bertz CT molecular complexity index is 766. The normalized spacial score (nSPS) is 52.3. The van der Waals surface area contributed by atoms with E-state index in [9.17, 15) is 14.7 Å². The van der Waals surface area contributed by atoms with Crippen molar-refractivity contribution < 1.29 is 19.4 Å². The van der Waals surface area contributed by atoms with Crippen LogP contribution in [0.25, 0.3) is 0 Å². The monoisotopic (exact) mass is 356 g/mol. The van der Waals surface area contributed by atoms with E-state index in [1.807, 2.05) is 0 Å². The van der Waals surface area contributed by atoms with Crippen LogP contribution in [0.2, 0.25) is 0 Å². The highest BCUT2D eigenvalue weighted by Gasteiger charge is 2.70. The summed E-state index contributed by atoms with van der Waals surface area (Å²) >= 11 is 0. The van der Waals surface area contributed by atoms with Crippen molar-refractivity contribution in [1.82, 2.24) is 0 Å². The van der Waals surface area contributed by atoms with Crippen LogP contribution in [-0.2, 0) is 14.3 Å². The molecule has 1 N–H and O–H groups in total. The minimum atomic E-state index is -0.813. The smallest absolute Gasteiger partial charge is 0.306 e. The summed E-state index contributed by atoms with van der Waals surface area (Å²) in [5.74, 6) is 0.493. The van der Waals surface area contributed by atoms with Gasteiger partial charge in [-0.05, 0) is 56.1 Å². The van der Waals surface area contributed by atoms with Gasteiger partial charge in [0.15, 0.2) is 5.78 Å². The first-order chi connectivity index (χ1) is 12.2. The van der Waals surface area contributed by atoms with Gasteiger partial charge >= 0.3 is 5.97 Å². The Morgan fingerprint density at radius 3 is 2.62 bits per heavy atom. The number of carbonyl (C=O) groups excluding carboxylic acids is 2. The van der Waals surface area contributed by atoms with Crippen molar-refractivity contribution in [3.8, 4) is 0 Å². The molecule has 0 bridgehead atoms. The molecular formula is C22H28O4. The average Bonchev–Trinajstić information content (AvgIpc) is 3.11. The SMILES string of the molecule is C[C@]12CC[C@@]3(O)C(C=CC4=CC(=O)CC[C@@]43C)C1CCC21CCC(=O)O1. The molecule has 1 spiro atoms. The first-order valence-corrected chi connectivity index (χ1v) is 10.1. The molecule has 1 saturated heterocycles. The first-order valence-electron chi connectivity index (χ1n) is 10.1. The zero-order valence-electron chi connectivity index (χ0n) is 15.7. The van der Waals surface area contributed by atoms with Gasteiger partial charge in [-0.25, -0.2) is 0 Å². The molecule has 1 heterocycles. The van der Waals surface area contributed by atoms with Gasteiger partial charge in [-0.3, -0.25) is 9.59 Å². The van der Waals surface area contributed by atoms with Crippen molar-refractivity contribution in [3.05, 3.63) is 23.8 Å². The van der Waals surface area contributed by atoms with Crippen LogP contribution >= 0.6 is 0 Å². The fraction of sp³-hybridized carbons (Fsp3) is 0.727. The quantitative estimate of drug-likeness (QED) is 0.675. The summed E-state index contributed by atoms with van der Waals surface area (Å²) in [6, 6.07) is 0. The van der Waals surface area contributed by atoms with Crippen LogP contribution in [0.15, 0.2) is 23.8 Å². The molecule has 6 atom stereocenters. The van der Waals surface area contributed by atoms with Crippen molar-refractivity contribution >= 4 is 11.8 Å². The molecule has 3 unspecified atom stereocenters. The minimum absolute atomic E-state index is 0.0603. The van der Waals surface area contributed by atoms with E-state index in [0.717, 1.165) is 37.7 Å². The standard InChI is InChI=1S/C22H28O4/c1-19-8-5-15(23)13-14(19)3-4-17-16-6-9-21(10-7-18(24)26-21)20(16,2)11-12-22(17,19)25/h3-4,13,16-17,25H,5-12H2,1-2H3/t16?,17?,19-,20-,21?,22+/m0/s1. The van der Waals surface area contributed by atoms with Crippen LogP contribution in [0, 0.1) is 22.7 Å². The predicted octanol–water partition coefficient (Wildman–Crippen LogP) is 3.49. The van der Waals surface area contributed by atoms with E-state index in [2.05, 4.69) is 26.0 Å². The molecule has 0 aromatic carbocycles. The second-order valence-corrected chi connectivity index (χ2v) is 9.74. The average molecular weight is 356 g/mol. The highest BCUT2D eigenvalue weighted by atomic mass is 16.6.